The third-order valence-corrected chi connectivity index (χ3v) is 3.85. The standard InChI is InChI=1S/C16H15F2N/c1-19-16(11-6-12(17)9-13(18)7-11)15-8-10-4-2-3-5-14(10)15/h2-7,9,15-16,19H,8H2,1H3. The predicted octanol–water partition coefficient (Wildman–Crippen LogP) is 3.57. The molecule has 2 atom stereocenters. The lowest BCUT2D eigenvalue weighted by Gasteiger charge is -2.36. The summed E-state index contributed by atoms with van der Waals surface area (Å²) in [5.41, 5.74) is 3.26. The molecule has 0 radical (unpaired) electrons. The highest BCUT2D eigenvalue weighted by Crippen LogP contribution is 2.43. The van der Waals surface area contributed by atoms with Crippen molar-refractivity contribution in [3.63, 3.8) is 0 Å². The van der Waals surface area contributed by atoms with Crippen LogP contribution in [0.3, 0.4) is 0 Å². The van der Waals surface area contributed by atoms with Crippen LogP contribution in [0.5, 0.6) is 0 Å². The van der Waals surface area contributed by atoms with Gasteiger partial charge in [0.15, 0.2) is 0 Å². The molecule has 3 heteroatoms. The first-order valence-electron chi connectivity index (χ1n) is 6.40. The van der Waals surface area contributed by atoms with Crippen molar-refractivity contribution in [1.29, 1.82) is 0 Å². The number of hydrogen-bond acceptors (Lipinski definition) is 1. The summed E-state index contributed by atoms with van der Waals surface area (Å²) in [5, 5.41) is 3.18. The zero-order valence-electron chi connectivity index (χ0n) is 10.7. The topological polar surface area (TPSA) is 12.0 Å². The predicted molar refractivity (Wildman–Crippen MR) is 71.0 cm³/mol. The molecule has 0 saturated carbocycles. The van der Waals surface area contributed by atoms with Crippen LogP contribution < -0.4 is 5.32 Å². The molecule has 0 saturated heterocycles. The van der Waals surface area contributed by atoms with Gasteiger partial charge in [-0.25, -0.2) is 8.78 Å². The summed E-state index contributed by atoms with van der Waals surface area (Å²) in [6, 6.07) is 11.9. The second kappa shape index (κ2) is 4.74. The number of fused-ring (bicyclic) bond motifs is 1. The maximum absolute atomic E-state index is 13.3. The van der Waals surface area contributed by atoms with E-state index in [9.17, 15) is 8.78 Å². The Morgan fingerprint density at radius 3 is 2.42 bits per heavy atom. The van der Waals surface area contributed by atoms with Crippen LogP contribution in [-0.4, -0.2) is 7.05 Å². The minimum absolute atomic E-state index is 0.0555. The highest BCUT2D eigenvalue weighted by atomic mass is 19.1. The van der Waals surface area contributed by atoms with Crippen LogP contribution in [0.2, 0.25) is 0 Å². The Morgan fingerprint density at radius 2 is 1.79 bits per heavy atom. The molecule has 0 fully saturated rings. The minimum Gasteiger partial charge on any atom is -0.312 e. The zero-order valence-corrected chi connectivity index (χ0v) is 10.7. The molecule has 1 aliphatic rings. The molecule has 0 heterocycles. The quantitative estimate of drug-likeness (QED) is 0.888. The monoisotopic (exact) mass is 259 g/mol. The Bertz CT molecular complexity index is 589. The van der Waals surface area contributed by atoms with E-state index in [0.29, 0.717) is 5.56 Å². The molecule has 2 aromatic carbocycles. The van der Waals surface area contributed by atoms with E-state index in [1.807, 2.05) is 19.2 Å². The van der Waals surface area contributed by atoms with Gasteiger partial charge >= 0.3 is 0 Å². The number of hydrogen-bond donors (Lipinski definition) is 1. The fourth-order valence-corrected chi connectivity index (χ4v) is 2.95. The van der Waals surface area contributed by atoms with Gasteiger partial charge in [-0.15, -0.1) is 0 Å². The summed E-state index contributed by atoms with van der Waals surface area (Å²) in [6.07, 6.45) is 0.944. The molecule has 0 bridgehead atoms. The molecule has 0 aromatic heterocycles. The van der Waals surface area contributed by atoms with E-state index in [1.165, 1.54) is 23.3 Å². The number of halogens is 2. The fraction of sp³-hybridized carbons (Fsp3) is 0.250. The van der Waals surface area contributed by atoms with Gasteiger partial charge in [0.1, 0.15) is 11.6 Å². The van der Waals surface area contributed by atoms with Crippen molar-refractivity contribution in [2.45, 2.75) is 18.4 Å². The fourth-order valence-electron chi connectivity index (χ4n) is 2.95. The number of rotatable bonds is 3. The number of nitrogens with one attached hydrogen (secondary N) is 1. The van der Waals surface area contributed by atoms with Crippen LogP contribution in [0.1, 0.15) is 28.7 Å². The molecule has 1 aliphatic carbocycles. The molecule has 2 aromatic rings. The molecule has 19 heavy (non-hydrogen) atoms. The summed E-state index contributed by atoms with van der Waals surface area (Å²) in [6.45, 7) is 0. The van der Waals surface area contributed by atoms with Crippen LogP contribution in [0.25, 0.3) is 0 Å². The maximum atomic E-state index is 13.3. The van der Waals surface area contributed by atoms with Gasteiger partial charge in [-0.1, -0.05) is 24.3 Å². The van der Waals surface area contributed by atoms with Crippen molar-refractivity contribution in [3.8, 4) is 0 Å². The van der Waals surface area contributed by atoms with Gasteiger partial charge in [-0.2, -0.15) is 0 Å². The SMILES string of the molecule is CNC(c1cc(F)cc(F)c1)C1Cc2ccccc21. The maximum Gasteiger partial charge on any atom is 0.126 e. The van der Waals surface area contributed by atoms with Crippen LogP contribution >= 0.6 is 0 Å². The largest absolute Gasteiger partial charge is 0.312 e. The van der Waals surface area contributed by atoms with Crippen LogP contribution in [0, 0.1) is 11.6 Å². The zero-order chi connectivity index (χ0) is 13.4. The van der Waals surface area contributed by atoms with Gasteiger partial charge in [0, 0.05) is 18.0 Å². The second-order valence-electron chi connectivity index (χ2n) is 4.98. The Balaban J connectivity index is 1.94. The Labute approximate surface area is 111 Å². The molecule has 0 amide bonds. The molecule has 0 spiro atoms. The Morgan fingerprint density at radius 1 is 1.11 bits per heavy atom. The highest BCUT2D eigenvalue weighted by Gasteiger charge is 2.33. The molecular formula is C16H15F2N. The van der Waals surface area contributed by atoms with Gasteiger partial charge in [0.25, 0.3) is 0 Å². The van der Waals surface area contributed by atoms with E-state index in [0.717, 1.165) is 12.5 Å². The smallest absolute Gasteiger partial charge is 0.126 e. The molecule has 0 aliphatic heterocycles. The molecular weight excluding hydrogens is 244 g/mol. The number of likely N-dealkylation sites (N-methyl/N-ethyl adjacent to an activating group) is 1. The summed E-state index contributed by atoms with van der Waals surface area (Å²) in [7, 11) is 1.83. The summed E-state index contributed by atoms with van der Waals surface area (Å²) < 4.78 is 26.7. The van der Waals surface area contributed by atoms with E-state index < -0.39 is 11.6 Å². The van der Waals surface area contributed by atoms with Crippen molar-refractivity contribution >= 4 is 0 Å². The van der Waals surface area contributed by atoms with Crippen molar-refractivity contribution in [1.82, 2.24) is 5.32 Å². The average Bonchev–Trinajstić information content (AvgIpc) is 2.34. The van der Waals surface area contributed by atoms with Crippen LogP contribution in [0.4, 0.5) is 8.78 Å². The lowest BCUT2D eigenvalue weighted by Crippen LogP contribution is -2.31. The molecule has 2 unspecified atom stereocenters. The first-order chi connectivity index (χ1) is 9.19. The average molecular weight is 259 g/mol. The Kier molecular flexibility index (Phi) is 3.07. The second-order valence-corrected chi connectivity index (χ2v) is 4.98. The normalized spacial score (nSPS) is 18.6. The first kappa shape index (κ1) is 12.3. The van der Waals surface area contributed by atoms with Crippen LogP contribution in [0.15, 0.2) is 42.5 Å². The molecule has 1 nitrogen and oxygen atoms in total. The first-order valence-corrected chi connectivity index (χ1v) is 6.40. The van der Waals surface area contributed by atoms with Gasteiger partial charge in [-0.3, -0.25) is 0 Å². The van der Waals surface area contributed by atoms with Crippen molar-refractivity contribution < 1.29 is 8.78 Å². The van der Waals surface area contributed by atoms with Gasteiger partial charge in [0.2, 0.25) is 0 Å². The molecule has 3 rings (SSSR count). The van der Waals surface area contributed by atoms with Crippen molar-refractivity contribution in [2.75, 3.05) is 7.05 Å². The van der Waals surface area contributed by atoms with Crippen LogP contribution in [-0.2, 0) is 6.42 Å². The van der Waals surface area contributed by atoms with Gasteiger partial charge in [-0.05, 0) is 42.3 Å². The van der Waals surface area contributed by atoms with Gasteiger partial charge < -0.3 is 5.32 Å². The van der Waals surface area contributed by atoms with E-state index >= 15 is 0 Å². The molecule has 1 N–H and O–H groups in total. The van der Waals surface area contributed by atoms with Gasteiger partial charge in [0.05, 0.1) is 0 Å². The van der Waals surface area contributed by atoms with E-state index in [-0.39, 0.29) is 12.0 Å². The third kappa shape index (κ3) is 2.15. The number of benzene rings is 2. The lowest BCUT2D eigenvalue weighted by molar-refractivity contribution is 0.434. The minimum atomic E-state index is -0.525. The summed E-state index contributed by atoms with van der Waals surface area (Å²) in [5.74, 6) is -0.770. The van der Waals surface area contributed by atoms with Crippen molar-refractivity contribution in [3.05, 3.63) is 70.8 Å². The lowest BCUT2D eigenvalue weighted by atomic mass is 9.72. The van der Waals surface area contributed by atoms with Crippen molar-refractivity contribution in [2.24, 2.45) is 0 Å². The van der Waals surface area contributed by atoms with E-state index in [1.54, 1.807) is 0 Å². The summed E-state index contributed by atoms with van der Waals surface area (Å²) in [4.78, 5) is 0. The summed E-state index contributed by atoms with van der Waals surface area (Å²) >= 11 is 0. The van der Waals surface area contributed by atoms with E-state index in [2.05, 4.69) is 17.4 Å². The van der Waals surface area contributed by atoms with E-state index in [4.69, 9.17) is 0 Å². The third-order valence-electron chi connectivity index (χ3n) is 3.85. The Hall–Kier alpha value is -1.74. The molecule has 98 valence electrons. The highest BCUT2D eigenvalue weighted by molar-refractivity contribution is 5.43.